The van der Waals surface area contributed by atoms with Gasteiger partial charge in [0, 0.05) is 43.9 Å². The van der Waals surface area contributed by atoms with Crippen molar-refractivity contribution in [1.29, 1.82) is 0 Å². The second-order valence-corrected chi connectivity index (χ2v) is 7.19. The van der Waals surface area contributed by atoms with E-state index in [0.717, 1.165) is 48.9 Å². The minimum atomic E-state index is -0.277. The smallest absolute Gasteiger partial charge is 0.227 e. The van der Waals surface area contributed by atoms with Crippen LogP contribution >= 0.6 is 0 Å². The van der Waals surface area contributed by atoms with Crippen LogP contribution in [-0.2, 0) is 11.2 Å². The van der Waals surface area contributed by atoms with Gasteiger partial charge in [-0.25, -0.2) is 4.98 Å². The number of H-pyrrole nitrogens is 1. The zero-order valence-corrected chi connectivity index (χ0v) is 15.3. The van der Waals surface area contributed by atoms with Crippen LogP contribution in [0.3, 0.4) is 0 Å². The summed E-state index contributed by atoms with van der Waals surface area (Å²) >= 11 is 0. The van der Waals surface area contributed by atoms with E-state index in [-0.39, 0.29) is 6.10 Å². The summed E-state index contributed by atoms with van der Waals surface area (Å²) < 4.78 is 5.52. The van der Waals surface area contributed by atoms with Gasteiger partial charge in [-0.3, -0.25) is 5.10 Å². The van der Waals surface area contributed by atoms with Gasteiger partial charge in [0.25, 0.3) is 0 Å². The summed E-state index contributed by atoms with van der Waals surface area (Å²) in [4.78, 5) is 11.4. The molecule has 2 aliphatic heterocycles. The van der Waals surface area contributed by atoms with E-state index in [0.29, 0.717) is 31.6 Å². The molecule has 2 fully saturated rings. The predicted molar refractivity (Wildman–Crippen MR) is 98.7 cm³/mol. The molecule has 0 unspecified atom stereocenters. The fourth-order valence-electron chi connectivity index (χ4n) is 3.54. The Bertz CT molecular complexity index is 746. The molecule has 140 valence electrons. The Morgan fingerprint density at radius 2 is 2.19 bits per heavy atom. The van der Waals surface area contributed by atoms with Gasteiger partial charge < -0.3 is 20.1 Å². The quantitative estimate of drug-likeness (QED) is 0.712. The number of aromatic amines is 1. The number of hydrogen-bond donors (Lipinski definition) is 3. The van der Waals surface area contributed by atoms with Gasteiger partial charge in [0.15, 0.2) is 0 Å². The molecule has 8 nitrogen and oxygen atoms in total. The Morgan fingerprint density at radius 3 is 2.85 bits per heavy atom. The highest BCUT2D eigenvalue weighted by molar-refractivity contribution is 5.46. The maximum atomic E-state index is 9.59. The molecular weight excluding hydrogens is 332 g/mol. The number of aliphatic hydroxyl groups excluding tert-OH is 1. The number of aliphatic hydroxyl groups is 1. The summed E-state index contributed by atoms with van der Waals surface area (Å²) in [6.07, 6.45) is 1.60. The number of ether oxygens (including phenoxy) is 1. The number of anilines is 2. The van der Waals surface area contributed by atoms with Crippen LogP contribution < -0.4 is 10.2 Å². The number of β-amino-alcohol motifs (C(OH)–C–C–N with tert-alkyl or cyclic N) is 1. The summed E-state index contributed by atoms with van der Waals surface area (Å²) in [7, 11) is 0. The molecule has 0 aliphatic carbocycles. The number of aryl methyl sites for hydroxylation is 2. The Labute approximate surface area is 153 Å². The van der Waals surface area contributed by atoms with Crippen molar-refractivity contribution in [2.24, 2.45) is 0 Å². The van der Waals surface area contributed by atoms with Gasteiger partial charge in [-0.15, -0.1) is 0 Å². The number of rotatable bonds is 6. The van der Waals surface area contributed by atoms with Crippen molar-refractivity contribution < 1.29 is 9.84 Å². The van der Waals surface area contributed by atoms with Crippen molar-refractivity contribution in [2.75, 3.05) is 43.1 Å². The van der Waals surface area contributed by atoms with Crippen LogP contribution in [0.25, 0.3) is 0 Å². The Morgan fingerprint density at radius 1 is 1.35 bits per heavy atom. The molecule has 0 amide bonds. The van der Waals surface area contributed by atoms with E-state index in [1.165, 1.54) is 5.56 Å². The fourth-order valence-corrected chi connectivity index (χ4v) is 3.54. The molecule has 2 aromatic rings. The van der Waals surface area contributed by atoms with Gasteiger partial charge in [0.1, 0.15) is 5.82 Å². The van der Waals surface area contributed by atoms with Crippen molar-refractivity contribution in [3.05, 3.63) is 28.7 Å². The zero-order chi connectivity index (χ0) is 18.1. The molecule has 2 saturated heterocycles. The second kappa shape index (κ2) is 7.20. The first-order chi connectivity index (χ1) is 12.6. The third-order valence-corrected chi connectivity index (χ3v) is 5.19. The van der Waals surface area contributed by atoms with Crippen molar-refractivity contribution in [3.8, 4) is 0 Å². The van der Waals surface area contributed by atoms with Crippen LogP contribution in [0.1, 0.15) is 35.0 Å². The van der Waals surface area contributed by atoms with Crippen molar-refractivity contribution in [2.45, 2.75) is 38.7 Å². The molecule has 4 rings (SSSR count). The molecule has 1 atom stereocenters. The summed E-state index contributed by atoms with van der Waals surface area (Å²) in [6, 6.07) is 2.04. The zero-order valence-electron chi connectivity index (χ0n) is 15.3. The summed E-state index contributed by atoms with van der Waals surface area (Å²) in [6.45, 7) is 7.54. The molecular formula is C18H26N6O2. The Kier molecular flexibility index (Phi) is 4.78. The van der Waals surface area contributed by atoms with Gasteiger partial charge in [-0.05, 0) is 32.3 Å². The lowest BCUT2D eigenvalue weighted by Crippen LogP contribution is -2.51. The minimum absolute atomic E-state index is 0.277. The highest BCUT2D eigenvalue weighted by atomic mass is 16.5. The second-order valence-electron chi connectivity index (χ2n) is 7.19. The number of nitrogens with zero attached hydrogens (tertiary/aromatic N) is 4. The van der Waals surface area contributed by atoms with Gasteiger partial charge in [0.2, 0.25) is 5.95 Å². The molecule has 0 aromatic carbocycles. The average Bonchev–Trinajstić information content (AvgIpc) is 3.24. The van der Waals surface area contributed by atoms with Gasteiger partial charge in [-0.2, -0.15) is 10.1 Å². The number of aromatic nitrogens is 4. The molecule has 8 heteroatoms. The molecule has 2 aliphatic rings. The molecule has 0 spiro atoms. The Hall–Kier alpha value is -2.19. The van der Waals surface area contributed by atoms with Crippen molar-refractivity contribution in [1.82, 2.24) is 20.2 Å². The molecule has 26 heavy (non-hydrogen) atoms. The first-order valence-electron chi connectivity index (χ1n) is 9.24. The van der Waals surface area contributed by atoms with E-state index in [1.807, 2.05) is 24.8 Å². The monoisotopic (exact) mass is 358 g/mol. The largest absolute Gasteiger partial charge is 0.389 e. The van der Waals surface area contributed by atoms with E-state index >= 15 is 0 Å². The molecule has 0 saturated carbocycles. The highest BCUT2D eigenvalue weighted by Crippen LogP contribution is 2.28. The van der Waals surface area contributed by atoms with Crippen molar-refractivity contribution in [3.63, 3.8) is 0 Å². The maximum Gasteiger partial charge on any atom is 0.227 e. The third-order valence-electron chi connectivity index (χ3n) is 5.19. The van der Waals surface area contributed by atoms with E-state index in [2.05, 4.69) is 20.5 Å². The van der Waals surface area contributed by atoms with Gasteiger partial charge >= 0.3 is 0 Å². The maximum absolute atomic E-state index is 9.59. The Balaban J connectivity index is 1.48. The topological polar surface area (TPSA) is 99.2 Å². The van der Waals surface area contributed by atoms with E-state index in [9.17, 15) is 5.11 Å². The molecule has 2 aromatic heterocycles. The third kappa shape index (κ3) is 3.52. The van der Waals surface area contributed by atoms with Crippen LogP contribution in [0, 0.1) is 13.8 Å². The van der Waals surface area contributed by atoms with Crippen LogP contribution in [0.2, 0.25) is 0 Å². The van der Waals surface area contributed by atoms with Gasteiger partial charge in [0.05, 0.1) is 24.1 Å². The summed E-state index contributed by atoms with van der Waals surface area (Å²) in [5, 5.41) is 20.3. The van der Waals surface area contributed by atoms with Crippen LogP contribution in [0.15, 0.2) is 6.07 Å². The standard InChI is InChI=1S/C18H26N6O2/c1-11-15(12(2)23-22-11)3-5-19-17-7-16(13-4-6-26-10-13)20-18(21-17)24-8-14(25)9-24/h7,13-14,25H,3-6,8-10H2,1-2H3,(H,22,23)(H,19,20,21)/t13-/m0/s1. The lowest BCUT2D eigenvalue weighted by molar-refractivity contribution is 0.140. The van der Waals surface area contributed by atoms with Crippen LogP contribution in [0.4, 0.5) is 11.8 Å². The molecule has 0 radical (unpaired) electrons. The van der Waals surface area contributed by atoms with Crippen LogP contribution in [0.5, 0.6) is 0 Å². The normalized spacial score (nSPS) is 20.4. The first-order valence-corrected chi connectivity index (χ1v) is 9.24. The summed E-state index contributed by atoms with van der Waals surface area (Å²) in [5.41, 5.74) is 4.44. The van der Waals surface area contributed by atoms with E-state index < -0.39 is 0 Å². The molecule has 3 N–H and O–H groups in total. The van der Waals surface area contributed by atoms with Crippen LogP contribution in [-0.4, -0.2) is 64.2 Å². The number of hydrogen-bond acceptors (Lipinski definition) is 7. The lowest BCUT2D eigenvalue weighted by atomic mass is 10.0. The molecule has 4 heterocycles. The first kappa shape index (κ1) is 17.2. The van der Waals surface area contributed by atoms with E-state index in [1.54, 1.807) is 0 Å². The predicted octanol–water partition coefficient (Wildman–Crippen LogP) is 1.16. The van der Waals surface area contributed by atoms with Gasteiger partial charge in [-0.1, -0.05) is 0 Å². The lowest BCUT2D eigenvalue weighted by Gasteiger charge is -2.36. The van der Waals surface area contributed by atoms with E-state index in [4.69, 9.17) is 9.72 Å². The SMILES string of the molecule is Cc1n[nH]c(C)c1CCNc1cc([C@H]2CCOC2)nc(N2CC(O)C2)n1. The fraction of sp³-hybridized carbons (Fsp3) is 0.611. The summed E-state index contributed by atoms with van der Waals surface area (Å²) in [5.74, 6) is 1.84. The minimum Gasteiger partial charge on any atom is -0.389 e. The molecule has 0 bridgehead atoms. The average molecular weight is 358 g/mol. The number of nitrogens with one attached hydrogen (secondary N) is 2. The highest BCUT2D eigenvalue weighted by Gasteiger charge is 2.28. The van der Waals surface area contributed by atoms with Crippen molar-refractivity contribution >= 4 is 11.8 Å².